The first kappa shape index (κ1) is 31.1. The summed E-state index contributed by atoms with van der Waals surface area (Å²) in [6, 6.07) is 3.26. The topological polar surface area (TPSA) is 76.0 Å². The fraction of sp³-hybridized carbons (Fsp3) is 0.821. The SMILES string of the molecule is CCCCCC(C)(O)/C=C/[C@@H]1[C@@H](C/C=C\CCCC(=O)OC)[C@@H](O)C[C@H]1O[Si](CC)(CC)CC. The van der Waals surface area contributed by atoms with Crippen molar-refractivity contribution in [1.29, 1.82) is 0 Å². The Balaban J connectivity index is 2.96. The van der Waals surface area contributed by atoms with Gasteiger partial charge in [-0.3, -0.25) is 4.79 Å². The van der Waals surface area contributed by atoms with Gasteiger partial charge in [-0.25, -0.2) is 0 Å². The summed E-state index contributed by atoms with van der Waals surface area (Å²) >= 11 is 0. The summed E-state index contributed by atoms with van der Waals surface area (Å²) in [5.74, 6) is -0.0167. The molecule has 0 aliphatic heterocycles. The van der Waals surface area contributed by atoms with Gasteiger partial charge in [-0.05, 0) is 63.1 Å². The first-order valence-corrected chi connectivity index (χ1v) is 16.2. The van der Waals surface area contributed by atoms with Crippen molar-refractivity contribution < 1.29 is 24.2 Å². The first-order chi connectivity index (χ1) is 16.2. The molecule has 1 aliphatic carbocycles. The van der Waals surface area contributed by atoms with E-state index in [1.54, 1.807) is 0 Å². The molecule has 0 heterocycles. The Labute approximate surface area is 210 Å². The van der Waals surface area contributed by atoms with Crippen LogP contribution in [0.3, 0.4) is 0 Å². The summed E-state index contributed by atoms with van der Waals surface area (Å²) in [6.45, 7) is 10.8. The highest BCUT2D eigenvalue weighted by Gasteiger charge is 2.44. The van der Waals surface area contributed by atoms with Gasteiger partial charge in [0.2, 0.25) is 0 Å². The Hall–Kier alpha value is -0.953. The van der Waals surface area contributed by atoms with E-state index in [9.17, 15) is 15.0 Å². The Morgan fingerprint density at radius 1 is 1.09 bits per heavy atom. The molecule has 34 heavy (non-hydrogen) atoms. The predicted octanol–water partition coefficient (Wildman–Crippen LogP) is 6.55. The largest absolute Gasteiger partial charge is 0.469 e. The van der Waals surface area contributed by atoms with Crippen LogP contribution in [0, 0.1) is 11.8 Å². The van der Waals surface area contributed by atoms with Gasteiger partial charge in [0.1, 0.15) is 0 Å². The molecule has 0 aromatic heterocycles. The summed E-state index contributed by atoms with van der Waals surface area (Å²) in [7, 11) is -0.400. The predicted molar refractivity (Wildman–Crippen MR) is 143 cm³/mol. The average Bonchev–Trinajstić information content (AvgIpc) is 3.11. The molecule has 1 saturated carbocycles. The van der Waals surface area contributed by atoms with Crippen LogP contribution in [0.15, 0.2) is 24.3 Å². The third-order valence-corrected chi connectivity index (χ3v) is 12.4. The van der Waals surface area contributed by atoms with E-state index in [1.165, 1.54) is 7.11 Å². The van der Waals surface area contributed by atoms with E-state index in [2.05, 4.69) is 45.9 Å². The van der Waals surface area contributed by atoms with Gasteiger partial charge in [-0.15, -0.1) is 0 Å². The van der Waals surface area contributed by atoms with Crippen LogP contribution in [-0.4, -0.2) is 49.4 Å². The second-order valence-corrected chi connectivity index (χ2v) is 15.0. The van der Waals surface area contributed by atoms with Gasteiger partial charge in [-0.2, -0.15) is 0 Å². The number of aliphatic hydroxyl groups excluding tert-OH is 1. The van der Waals surface area contributed by atoms with Gasteiger partial charge in [0.15, 0.2) is 8.32 Å². The molecule has 5 atom stereocenters. The normalized spacial score (nSPS) is 25.3. The van der Waals surface area contributed by atoms with Crippen LogP contribution < -0.4 is 0 Å². The Kier molecular flexibility index (Phi) is 14.6. The highest BCUT2D eigenvalue weighted by molar-refractivity contribution is 6.73. The minimum atomic E-state index is -1.82. The zero-order valence-electron chi connectivity index (χ0n) is 22.7. The number of carbonyl (C=O) groups is 1. The highest BCUT2D eigenvalue weighted by Crippen LogP contribution is 2.41. The number of unbranched alkanes of at least 4 members (excludes halogenated alkanes) is 3. The highest BCUT2D eigenvalue weighted by atomic mass is 28.4. The lowest BCUT2D eigenvalue weighted by atomic mass is 9.88. The zero-order chi connectivity index (χ0) is 25.6. The Morgan fingerprint density at radius 2 is 1.76 bits per heavy atom. The summed E-state index contributed by atoms with van der Waals surface area (Å²) in [5, 5.41) is 21.9. The van der Waals surface area contributed by atoms with E-state index in [-0.39, 0.29) is 23.9 Å². The number of carbonyl (C=O) groups excluding carboxylic acids is 1. The van der Waals surface area contributed by atoms with Crippen LogP contribution >= 0.6 is 0 Å². The molecule has 1 fully saturated rings. The van der Waals surface area contributed by atoms with E-state index < -0.39 is 20.0 Å². The molecule has 6 heteroatoms. The summed E-state index contributed by atoms with van der Waals surface area (Å²) < 4.78 is 11.6. The average molecular weight is 497 g/mol. The Bertz CT molecular complexity index is 618. The molecule has 5 nitrogen and oxygen atoms in total. The number of aliphatic hydroxyl groups is 2. The lowest BCUT2D eigenvalue weighted by Crippen LogP contribution is -2.41. The van der Waals surface area contributed by atoms with Gasteiger partial charge >= 0.3 is 5.97 Å². The lowest BCUT2D eigenvalue weighted by molar-refractivity contribution is -0.140. The lowest BCUT2D eigenvalue weighted by Gasteiger charge is -2.34. The Morgan fingerprint density at radius 3 is 2.35 bits per heavy atom. The first-order valence-electron chi connectivity index (χ1n) is 13.7. The molecule has 1 rings (SSSR count). The monoisotopic (exact) mass is 496 g/mol. The molecule has 0 radical (unpaired) electrons. The molecular weight excluding hydrogens is 444 g/mol. The maximum Gasteiger partial charge on any atom is 0.305 e. The minimum absolute atomic E-state index is 0.00179. The molecule has 198 valence electrons. The van der Waals surface area contributed by atoms with Crippen LogP contribution in [0.4, 0.5) is 0 Å². The molecule has 1 unspecified atom stereocenters. The van der Waals surface area contributed by atoms with Crippen molar-refractivity contribution in [3.8, 4) is 0 Å². The molecule has 2 N–H and O–H groups in total. The number of rotatable bonds is 17. The standard InChI is InChI=1S/C28H52O5Si/c1-7-11-16-20-28(5,31)21-19-24-23(17-14-12-13-15-18-27(30)32-6)25(29)22-26(24)33-34(8-2,9-3)10-4/h12,14,19,21,23-26,29,31H,7-11,13,15-18,20,22H2,1-6H3/b14-12-,21-19+/t23-,24-,25+,26-,28?/m1/s1. The number of ether oxygens (including phenoxy) is 1. The second kappa shape index (κ2) is 15.9. The van der Waals surface area contributed by atoms with Gasteiger partial charge in [0.25, 0.3) is 0 Å². The molecule has 0 saturated heterocycles. The van der Waals surface area contributed by atoms with Crippen molar-refractivity contribution in [2.75, 3.05) is 7.11 Å². The van der Waals surface area contributed by atoms with Crippen LogP contribution in [0.2, 0.25) is 18.1 Å². The number of methoxy groups -OCH3 is 1. The smallest absolute Gasteiger partial charge is 0.305 e. The summed E-state index contributed by atoms with van der Waals surface area (Å²) in [6.07, 6.45) is 15.4. The fourth-order valence-corrected chi connectivity index (χ4v) is 8.00. The van der Waals surface area contributed by atoms with E-state index in [0.29, 0.717) is 12.8 Å². The van der Waals surface area contributed by atoms with Crippen LogP contribution in [-0.2, 0) is 14.0 Å². The van der Waals surface area contributed by atoms with E-state index in [0.717, 1.165) is 63.1 Å². The van der Waals surface area contributed by atoms with Crippen molar-refractivity contribution in [3.63, 3.8) is 0 Å². The molecule has 0 bridgehead atoms. The summed E-state index contributed by atoms with van der Waals surface area (Å²) in [5.41, 5.74) is -0.837. The van der Waals surface area contributed by atoms with Gasteiger partial charge in [-0.1, -0.05) is 71.3 Å². The minimum Gasteiger partial charge on any atom is -0.469 e. The number of hydrogen-bond acceptors (Lipinski definition) is 5. The fourth-order valence-electron chi connectivity index (χ4n) is 5.10. The van der Waals surface area contributed by atoms with E-state index in [1.807, 2.05) is 13.0 Å². The third kappa shape index (κ3) is 10.3. The number of allylic oxidation sites excluding steroid dienone is 2. The molecular formula is C28H52O5Si. The number of esters is 1. The molecule has 1 aliphatic rings. The van der Waals surface area contributed by atoms with Gasteiger partial charge in [0, 0.05) is 12.3 Å². The quantitative estimate of drug-likeness (QED) is 0.103. The zero-order valence-corrected chi connectivity index (χ0v) is 23.7. The maximum atomic E-state index is 11.3. The van der Waals surface area contributed by atoms with Crippen molar-refractivity contribution in [3.05, 3.63) is 24.3 Å². The van der Waals surface area contributed by atoms with E-state index >= 15 is 0 Å². The molecule has 0 amide bonds. The van der Waals surface area contributed by atoms with Crippen molar-refractivity contribution in [2.45, 2.75) is 128 Å². The molecule has 0 spiro atoms. The van der Waals surface area contributed by atoms with Gasteiger partial charge < -0.3 is 19.4 Å². The van der Waals surface area contributed by atoms with Gasteiger partial charge in [0.05, 0.1) is 24.9 Å². The maximum absolute atomic E-state index is 11.3. The van der Waals surface area contributed by atoms with E-state index in [4.69, 9.17) is 9.16 Å². The summed E-state index contributed by atoms with van der Waals surface area (Å²) in [4.78, 5) is 11.3. The van der Waals surface area contributed by atoms with Crippen LogP contribution in [0.25, 0.3) is 0 Å². The van der Waals surface area contributed by atoms with Crippen molar-refractivity contribution in [1.82, 2.24) is 0 Å². The van der Waals surface area contributed by atoms with Crippen molar-refractivity contribution >= 4 is 14.3 Å². The van der Waals surface area contributed by atoms with Crippen LogP contribution in [0.1, 0.15) is 92.4 Å². The second-order valence-electron chi connectivity index (χ2n) is 10.3. The molecule has 0 aromatic carbocycles. The molecule has 0 aromatic rings. The van der Waals surface area contributed by atoms with Crippen molar-refractivity contribution in [2.24, 2.45) is 11.8 Å². The third-order valence-electron chi connectivity index (χ3n) is 7.74. The van der Waals surface area contributed by atoms with Crippen LogP contribution in [0.5, 0.6) is 0 Å². The number of hydrogen-bond donors (Lipinski definition) is 2.